The van der Waals surface area contributed by atoms with Gasteiger partial charge < -0.3 is 0 Å². The molecule has 0 spiro atoms. The van der Waals surface area contributed by atoms with Crippen molar-refractivity contribution in [1.29, 1.82) is 0 Å². The quantitative estimate of drug-likeness (QED) is 0.599. The van der Waals surface area contributed by atoms with Gasteiger partial charge in [0, 0.05) is 67.2 Å². The van der Waals surface area contributed by atoms with Crippen LogP contribution in [-0.2, 0) is 11.2 Å². The summed E-state index contributed by atoms with van der Waals surface area (Å²) in [4.78, 5) is 28.2. The zero-order valence-electron chi connectivity index (χ0n) is 17.6. The fraction of sp³-hybridized carbons (Fsp3) is 0.440. The highest BCUT2D eigenvalue weighted by atomic mass is 19.1. The smallest absolute Gasteiger partial charge is 0.141 e. The number of alkyl halides is 1. The number of carbonyl (C=O) groups excluding carboxylic acids is 1. The standard InChI is InChI=1S/C25H27FN4O/c26-22-15-30(16-22)14-17-1-3-18(4-2-17)25(31)11-23-10-21-9-19(5-6-20(21)12-29-23)24-13-27-7-8-28-24/h5-10,12-13,17-18,22H,1-4,11,14-16H2. The lowest BCUT2D eigenvalue weighted by Gasteiger charge is -2.38. The largest absolute Gasteiger partial charge is 0.299 e. The molecule has 0 amide bonds. The van der Waals surface area contributed by atoms with Gasteiger partial charge in [-0.2, -0.15) is 0 Å². The molecule has 0 atom stereocenters. The third kappa shape index (κ3) is 4.64. The SMILES string of the molecule is O=C(Cc1cc2cc(-c3cnccn3)ccc2cn1)C1CCC(CN2CC(F)C2)CC1. The molecule has 3 aromatic rings. The monoisotopic (exact) mass is 418 g/mol. The topological polar surface area (TPSA) is 59.0 Å². The number of pyridine rings is 1. The van der Waals surface area contributed by atoms with E-state index in [1.807, 2.05) is 24.4 Å². The summed E-state index contributed by atoms with van der Waals surface area (Å²) in [7, 11) is 0. The van der Waals surface area contributed by atoms with Gasteiger partial charge in [0.25, 0.3) is 0 Å². The lowest BCUT2D eigenvalue weighted by atomic mass is 9.78. The summed E-state index contributed by atoms with van der Waals surface area (Å²) < 4.78 is 13.0. The molecule has 0 bridgehead atoms. The van der Waals surface area contributed by atoms with E-state index in [1.165, 1.54) is 0 Å². The summed E-state index contributed by atoms with van der Waals surface area (Å²) in [6, 6.07) is 8.15. The van der Waals surface area contributed by atoms with Crippen LogP contribution in [0.2, 0.25) is 0 Å². The van der Waals surface area contributed by atoms with Crippen LogP contribution in [0, 0.1) is 11.8 Å². The van der Waals surface area contributed by atoms with Gasteiger partial charge in [0.1, 0.15) is 12.0 Å². The predicted molar refractivity (Wildman–Crippen MR) is 118 cm³/mol. The van der Waals surface area contributed by atoms with Crippen molar-refractivity contribution in [1.82, 2.24) is 19.9 Å². The van der Waals surface area contributed by atoms with Crippen LogP contribution in [-0.4, -0.2) is 51.4 Å². The summed E-state index contributed by atoms with van der Waals surface area (Å²) in [5, 5.41) is 2.11. The first-order valence-corrected chi connectivity index (χ1v) is 11.2. The number of likely N-dealkylation sites (tertiary alicyclic amines) is 1. The van der Waals surface area contributed by atoms with Crippen LogP contribution in [0.1, 0.15) is 31.4 Å². The maximum Gasteiger partial charge on any atom is 0.141 e. The maximum absolute atomic E-state index is 13.0. The first-order chi connectivity index (χ1) is 15.1. The van der Waals surface area contributed by atoms with Gasteiger partial charge in [0.2, 0.25) is 0 Å². The highest BCUT2D eigenvalue weighted by Gasteiger charge is 2.31. The number of hydrogen-bond acceptors (Lipinski definition) is 5. The van der Waals surface area contributed by atoms with E-state index in [-0.39, 0.29) is 5.92 Å². The molecule has 0 unspecified atom stereocenters. The third-order valence-electron chi connectivity index (χ3n) is 6.72. The number of Topliss-reactive ketones (excluding diaryl/α,β-unsaturated/α-hetero) is 1. The lowest BCUT2D eigenvalue weighted by molar-refractivity contribution is -0.123. The summed E-state index contributed by atoms with van der Waals surface area (Å²) >= 11 is 0. The number of benzene rings is 1. The highest BCUT2D eigenvalue weighted by Crippen LogP contribution is 2.32. The first-order valence-electron chi connectivity index (χ1n) is 11.2. The minimum Gasteiger partial charge on any atom is -0.299 e. The van der Waals surface area contributed by atoms with Crippen LogP contribution < -0.4 is 0 Å². The van der Waals surface area contributed by atoms with Crippen molar-refractivity contribution in [3.05, 3.63) is 54.7 Å². The Morgan fingerprint density at radius 2 is 1.84 bits per heavy atom. The van der Waals surface area contributed by atoms with Crippen LogP contribution >= 0.6 is 0 Å². The number of halogens is 1. The normalized spacial score (nSPS) is 22.4. The Labute approximate surface area is 181 Å². The fourth-order valence-corrected chi connectivity index (χ4v) is 4.90. The van der Waals surface area contributed by atoms with Crippen LogP contribution in [0.5, 0.6) is 0 Å². The second kappa shape index (κ2) is 8.79. The summed E-state index contributed by atoms with van der Waals surface area (Å²) in [5.74, 6) is 1.03. The van der Waals surface area contributed by atoms with E-state index in [9.17, 15) is 9.18 Å². The number of fused-ring (bicyclic) bond motifs is 1. The van der Waals surface area contributed by atoms with E-state index < -0.39 is 6.17 Å². The Hall–Kier alpha value is -2.73. The number of rotatable bonds is 6. The van der Waals surface area contributed by atoms with Crippen molar-refractivity contribution < 1.29 is 9.18 Å². The van der Waals surface area contributed by atoms with Gasteiger partial charge in [-0.25, -0.2) is 4.39 Å². The van der Waals surface area contributed by atoms with Crippen LogP contribution in [0.15, 0.2) is 49.1 Å². The Morgan fingerprint density at radius 1 is 1.00 bits per heavy atom. The van der Waals surface area contributed by atoms with Gasteiger partial charge in [-0.05, 0) is 49.1 Å². The molecule has 1 aliphatic heterocycles. The van der Waals surface area contributed by atoms with Gasteiger partial charge in [0.05, 0.1) is 11.9 Å². The van der Waals surface area contributed by atoms with E-state index >= 15 is 0 Å². The van der Waals surface area contributed by atoms with Crippen molar-refractivity contribution >= 4 is 16.6 Å². The van der Waals surface area contributed by atoms with E-state index in [2.05, 4.69) is 25.9 Å². The predicted octanol–water partition coefficient (Wildman–Crippen LogP) is 4.26. The van der Waals surface area contributed by atoms with E-state index in [4.69, 9.17) is 0 Å². The van der Waals surface area contributed by atoms with E-state index in [0.717, 1.165) is 60.0 Å². The third-order valence-corrected chi connectivity index (χ3v) is 6.72. The number of carbonyl (C=O) groups is 1. The Morgan fingerprint density at radius 3 is 2.58 bits per heavy atom. The van der Waals surface area contributed by atoms with Crippen LogP contribution in [0.3, 0.4) is 0 Å². The van der Waals surface area contributed by atoms with Crippen molar-refractivity contribution in [2.45, 2.75) is 38.3 Å². The number of aromatic nitrogens is 3. The van der Waals surface area contributed by atoms with Crippen LogP contribution in [0.25, 0.3) is 22.0 Å². The van der Waals surface area contributed by atoms with E-state index in [1.54, 1.807) is 18.6 Å². The molecular formula is C25H27FN4O. The van der Waals surface area contributed by atoms with Crippen molar-refractivity contribution in [2.24, 2.45) is 11.8 Å². The average molecular weight is 419 g/mol. The first kappa shape index (κ1) is 20.2. The number of hydrogen-bond donors (Lipinski definition) is 0. The minimum atomic E-state index is -0.635. The van der Waals surface area contributed by atoms with E-state index in [0.29, 0.717) is 31.2 Å². The molecule has 1 aromatic carbocycles. The van der Waals surface area contributed by atoms with Crippen molar-refractivity contribution in [2.75, 3.05) is 19.6 Å². The fourth-order valence-electron chi connectivity index (χ4n) is 4.90. The molecule has 5 rings (SSSR count). The molecule has 3 heterocycles. The molecule has 160 valence electrons. The average Bonchev–Trinajstić information content (AvgIpc) is 2.78. The van der Waals surface area contributed by atoms with Crippen molar-refractivity contribution in [3.63, 3.8) is 0 Å². The zero-order valence-corrected chi connectivity index (χ0v) is 17.6. The van der Waals surface area contributed by atoms with Gasteiger partial charge in [-0.3, -0.25) is 24.6 Å². The second-order valence-electron chi connectivity index (χ2n) is 9.00. The zero-order chi connectivity index (χ0) is 21.2. The minimum absolute atomic E-state index is 0.130. The number of nitrogens with zero attached hydrogens (tertiary/aromatic N) is 4. The molecule has 31 heavy (non-hydrogen) atoms. The molecule has 0 radical (unpaired) electrons. The van der Waals surface area contributed by atoms with Gasteiger partial charge >= 0.3 is 0 Å². The van der Waals surface area contributed by atoms with Crippen molar-refractivity contribution in [3.8, 4) is 11.3 Å². The molecule has 6 heteroatoms. The van der Waals surface area contributed by atoms with Gasteiger partial charge in [-0.1, -0.05) is 12.1 Å². The Balaban J connectivity index is 1.21. The summed E-state index contributed by atoms with van der Waals surface area (Å²) in [6.45, 7) is 2.16. The summed E-state index contributed by atoms with van der Waals surface area (Å²) in [6.07, 6.45) is 10.7. The molecule has 1 saturated carbocycles. The molecule has 2 aliphatic rings. The second-order valence-corrected chi connectivity index (χ2v) is 9.00. The Bertz CT molecular complexity index is 1060. The lowest BCUT2D eigenvalue weighted by Crippen LogP contribution is -2.50. The molecule has 2 fully saturated rings. The molecule has 1 saturated heterocycles. The molecule has 5 nitrogen and oxygen atoms in total. The molecule has 2 aromatic heterocycles. The number of ketones is 1. The summed E-state index contributed by atoms with van der Waals surface area (Å²) in [5.41, 5.74) is 2.66. The molecule has 1 aliphatic carbocycles. The van der Waals surface area contributed by atoms with Gasteiger partial charge in [-0.15, -0.1) is 0 Å². The van der Waals surface area contributed by atoms with Gasteiger partial charge in [0.15, 0.2) is 0 Å². The highest BCUT2D eigenvalue weighted by molar-refractivity contribution is 5.88. The maximum atomic E-state index is 13.0. The van der Waals surface area contributed by atoms with Crippen LogP contribution in [0.4, 0.5) is 4.39 Å². The Kier molecular flexibility index (Phi) is 5.72. The molecular weight excluding hydrogens is 391 g/mol. The molecule has 0 N–H and O–H groups in total.